The molecule has 0 saturated carbocycles. The van der Waals surface area contributed by atoms with Gasteiger partial charge in [-0.15, -0.1) is 0 Å². The van der Waals surface area contributed by atoms with Gasteiger partial charge >= 0.3 is 6.18 Å². The minimum absolute atomic E-state index is 0.0314. The molecule has 0 aliphatic carbocycles. The third-order valence-corrected chi connectivity index (χ3v) is 5.79. The molecule has 0 fully saturated rings. The highest BCUT2D eigenvalue weighted by atomic mass is 32.2. The van der Waals surface area contributed by atoms with Gasteiger partial charge in [0.2, 0.25) is 5.91 Å². The molecule has 3 aromatic rings. The Hall–Kier alpha value is -4.11. The molecule has 1 aromatic heterocycles. The van der Waals surface area contributed by atoms with Crippen molar-refractivity contribution in [3.05, 3.63) is 75.3 Å². The van der Waals surface area contributed by atoms with Gasteiger partial charge in [-0.1, -0.05) is 17.8 Å². The van der Waals surface area contributed by atoms with E-state index in [2.05, 4.69) is 10.3 Å². The van der Waals surface area contributed by atoms with Crippen molar-refractivity contribution < 1.29 is 27.6 Å². The number of carbonyl (C=O) groups excluding carboxylic acids is 1. The molecule has 1 N–H and O–H groups in total. The second kappa shape index (κ2) is 10.4. The van der Waals surface area contributed by atoms with E-state index >= 15 is 0 Å². The number of aryl methyl sites for hydroxylation is 1. The average molecular weight is 502 g/mol. The first-order valence-corrected chi connectivity index (χ1v) is 10.9. The normalized spacial score (nSPS) is 11.0. The summed E-state index contributed by atoms with van der Waals surface area (Å²) in [5, 5.41) is 22.7. The Labute approximate surface area is 201 Å². The summed E-state index contributed by atoms with van der Waals surface area (Å²) in [6.07, 6.45) is -4.83. The number of nitriles is 1. The summed E-state index contributed by atoms with van der Waals surface area (Å²) in [5.41, 5.74) is -1.16. The SMILES string of the molecule is COc1ccc(-c2cc(C(F)(F)F)c(C#N)c(SCC(=O)Nc3ccc(C)c([N+](=O)[O-])c3)n2)cc1. The number of rotatable bonds is 7. The molecule has 2 aromatic carbocycles. The number of thioether (sulfide) groups is 1. The lowest BCUT2D eigenvalue weighted by molar-refractivity contribution is -0.385. The molecule has 3 rings (SSSR count). The van der Waals surface area contributed by atoms with E-state index in [0.29, 0.717) is 28.6 Å². The summed E-state index contributed by atoms with van der Waals surface area (Å²) >= 11 is 0.655. The molecular formula is C23H17F3N4O4S. The second-order valence-electron chi connectivity index (χ2n) is 7.17. The molecule has 12 heteroatoms. The average Bonchev–Trinajstić information content (AvgIpc) is 2.82. The zero-order chi connectivity index (χ0) is 25.8. The molecule has 8 nitrogen and oxygen atoms in total. The molecule has 0 aliphatic heterocycles. The number of nitro groups is 1. The quantitative estimate of drug-likeness (QED) is 0.254. The molecular weight excluding hydrogens is 485 g/mol. The number of amides is 1. The number of nitrogens with one attached hydrogen (secondary N) is 1. The number of halogens is 3. The van der Waals surface area contributed by atoms with Crippen LogP contribution in [0.3, 0.4) is 0 Å². The molecule has 1 amide bonds. The molecule has 0 bridgehead atoms. The number of carbonyl (C=O) groups is 1. The summed E-state index contributed by atoms with van der Waals surface area (Å²) in [4.78, 5) is 27.1. The summed E-state index contributed by atoms with van der Waals surface area (Å²) < 4.78 is 46.2. The fourth-order valence-corrected chi connectivity index (χ4v) is 3.89. The monoisotopic (exact) mass is 502 g/mol. The maximum atomic E-state index is 13.7. The number of aromatic nitrogens is 1. The van der Waals surface area contributed by atoms with Gasteiger partial charge in [0.1, 0.15) is 16.8 Å². The van der Waals surface area contributed by atoms with Gasteiger partial charge in [0.25, 0.3) is 5.69 Å². The van der Waals surface area contributed by atoms with Crippen LogP contribution in [0.25, 0.3) is 11.3 Å². The van der Waals surface area contributed by atoms with Gasteiger partial charge in [-0.25, -0.2) is 4.98 Å². The van der Waals surface area contributed by atoms with E-state index in [0.717, 1.165) is 6.07 Å². The number of methoxy groups -OCH3 is 1. The lowest BCUT2D eigenvalue weighted by atomic mass is 10.1. The zero-order valence-corrected chi connectivity index (χ0v) is 19.2. The number of ether oxygens (including phenoxy) is 1. The molecule has 35 heavy (non-hydrogen) atoms. The number of hydrogen-bond donors (Lipinski definition) is 1. The number of benzene rings is 2. The van der Waals surface area contributed by atoms with Crippen molar-refractivity contribution in [3.8, 4) is 23.1 Å². The maximum absolute atomic E-state index is 13.7. The molecule has 180 valence electrons. The smallest absolute Gasteiger partial charge is 0.417 e. The minimum Gasteiger partial charge on any atom is -0.497 e. The predicted octanol–water partition coefficient (Wildman–Crippen LogP) is 5.60. The van der Waals surface area contributed by atoms with E-state index in [4.69, 9.17) is 4.74 Å². The Morgan fingerprint density at radius 1 is 1.23 bits per heavy atom. The van der Waals surface area contributed by atoms with Crippen molar-refractivity contribution in [2.75, 3.05) is 18.2 Å². The summed E-state index contributed by atoms with van der Waals surface area (Å²) in [7, 11) is 1.45. The Balaban J connectivity index is 1.90. The van der Waals surface area contributed by atoms with E-state index in [9.17, 15) is 33.3 Å². The standard InChI is InChI=1S/C23H17F3N4O4S/c1-13-3-6-15(9-20(13)30(32)33)28-21(31)12-35-22-17(11-27)18(23(24,25)26)10-19(29-22)14-4-7-16(34-2)8-5-14/h3-10H,12H2,1-2H3,(H,28,31). The molecule has 0 unspecified atom stereocenters. The van der Waals surface area contributed by atoms with Gasteiger partial charge in [0.15, 0.2) is 0 Å². The van der Waals surface area contributed by atoms with E-state index in [1.165, 1.54) is 43.5 Å². The Morgan fingerprint density at radius 2 is 1.91 bits per heavy atom. The highest BCUT2D eigenvalue weighted by molar-refractivity contribution is 8.00. The van der Waals surface area contributed by atoms with Crippen LogP contribution < -0.4 is 10.1 Å². The lowest BCUT2D eigenvalue weighted by Crippen LogP contribution is -2.15. The first-order chi connectivity index (χ1) is 16.5. The molecule has 0 spiro atoms. The fraction of sp³-hybridized carbons (Fsp3) is 0.174. The Kier molecular flexibility index (Phi) is 7.61. The Morgan fingerprint density at radius 3 is 2.49 bits per heavy atom. The van der Waals surface area contributed by atoms with Gasteiger partial charge < -0.3 is 10.1 Å². The van der Waals surface area contributed by atoms with Crippen LogP contribution in [0.4, 0.5) is 24.5 Å². The molecule has 0 radical (unpaired) electrons. The minimum atomic E-state index is -4.83. The molecule has 0 atom stereocenters. The van der Waals surface area contributed by atoms with Crippen molar-refractivity contribution in [1.29, 1.82) is 5.26 Å². The fourth-order valence-electron chi connectivity index (χ4n) is 3.08. The Bertz CT molecular complexity index is 1320. The zero-order valence-electron chi connectivity index (χ0n) is 18.3. The summed E-state index contributed by atoms with van der Waals surface area (Å²) in [6, 6.07) is 12.6. The van der Waals surface area contributed by atoms with E-state index in [1.54, 1.807) is 19.1 Å². The summed E-state index contributed by atoms with van der Waals surface area (Å²) in [5.74, 6) is -0.518. The van der Waals surface area contributed by atoms with Gasteiger partial charge in [-0.3, -0.25) is 14.9 Å². The maximum Gasteiger partial charge on any atom is 0.417 e. The number of alkyl halides is 3. The third-order valence-electron chi connectivity index (χ3n) is 4.82. The van der Waals surface area contributed by atoms with E-state index in [1.807, 2.05) is 0 Å². The van der Waals surface area contributed by atoms with Gasteiger partial charge in [-0.2, -0.15) is 18.4 Å². The van der Waals surface area contributed by atoms with Crippen LogP contribution in [0.5, 0.6) is 5.75 Å². The largest absolute Gasteiger partial charge is 0.497 e. The second-order valence-corrected chi connectivity index (χ2v) is 8.13. The van der Waals surface area contributed by atoms with Crippen molar-refractivity contribution in [2.45, 2.75) is 18.1 Å². The topological polar surface area (TPSA) is 118 Å². The predicted molar refractivity (Wildman–Crippen MR) is 123 cm³/mol. The lowest BCUT2D eigenvalue weighted by Gasteiger charge is -2.14. The van der Waals surface area contributed by atoms with Crippen LogP contribution >= 0.6 is 11.8 Å². The van der Waals surface area contributed by atoms with Crippen LogP contribution in [0, 0.1) is 28.4 Å². The molecule has 0 aliphatic rings. The van der Waals surface area contributed by atoms with Gasteiger partial charge in [-0.05, 0) is 43.3 Å². The van der Waals surface area contributed by atoms with Crippen LogP contribution in [0.2, 0.25) is 0 Å². The van der Waals surface area contributed by atoms with Gasteiger partial charge in [0.05, 0.1) is 34.6 Å². The third kappa shape index (κ3) is 6.07. The van der Waals surface area contributed by atoms with E-state index in [-0.39, 0.29) is 27.8 Å². The van der Waals surface area contributed by atoms with Crippen molar-refractivity contribution in [2.24, 2.45) is 0 Å². The van der Waals surface area contributed by atoms with Crippen LogP contribution in [0.15, 0.2) is 53.6 Å². The van der Waals surface area contributed by atoms with Crippen LogP contribution in [-0.2, 0) is 11.0 Å². The number of hydrogen-bond acceptors (Lipinski definition) is 7. The number of anilines is 1. The number of nitrogens with zero attached hydrogens (tertiary/aromatic N) is 3. The van der Waals surface area contributed by atoms with Crippen molar-refractivity contribution in [3.63, 3.8) is 0 Å². The molecule has 0 saturated heterocycles. The van der Waals surface area contributed by atoms with Gasteiger partial charge in [0, 0.05) is 22.9 Å². The molecule has 1 heterocycles. The van der Waals surface area contributed by atoms with Crippen LogP contribution in [-0.4, -0.2) is 28.7 Å². The summed E-state index contributed by atoms with van der Waals surface area (Å²) in [6.45, 7) is 1.54. The highest BCUT2D eigenvalue weighted by Crippen LogP contribution is 2.38. The number of nitro benzene ring substituents is 1. The number of pyridine rings is 1. The highest BCUT2D eigenvalue weighted by Gasteiger charge is 2.36. The van der Waals surface area contributed by atoms with Crippen LogP contribution in [0.1, 0.15) is 16.7 Å². The van der Waals surface area contributed by atoms with Crippen molar-refractivity contribution >= 4 is 29.0 Å². The van der Waals surface area contributed by atoms with Crippen molar-refractivity contribution in [1.82, 2.24) is 4.98 Å². The first kappa shape index (κ1) is 25.5. The first-order valence-electron chi connectivity index (χ1n) is 9.88. The van der Waals surface area contributed by atoms with E-state index < -0.39 is 28.1 Å².